The molecule has 1 aromatic carbocycles. The number of aromatic nitrogens is 1. The normalized spacial score (nSPS) is 11.6. The molecule has 0 fully saturated rings. The molecule has 0 saturated carbocycles. The first-order valence-corrected chi connectivity index (χ1v) is 7.55. The monoisotopic (exact) mass is 315 g/mol. The number of benzene rings is 1. The van der Waals surface area contributed by atoms with Gasteiger partial charge in [0.25, 0.3) is 0 Å². The maximum absolute atomic E-state index is 5.37. The third kappa shape index (κ3) is 4.18. The minimum Gasteiger partial charge on any atom is -0.481 e. The Morgan fingerprint density at radius 3 is 2.64 bits per heavy atom. The topological polar surface area (TPSA) is 46.2 Å². The molecule has 1 heterocycles. The highest BCUT2D eigenvalue weighted by molar-refractivity contribution is 7.80. The highest BCUT2D eigenvalue weighted by Gasteiger charge is 2.10. The lowest BCUT2D eigenvalue weighted by Crippen LogP contribution is -2.31. The van der Waals surface area contributed by atoms with Crippen LogP contribution in [0.25, 0.3) is 0 Å². The average molecular weight is 315 g/mol. The first kappa shape index (κ1) is 16.2. The molecule has 0 aliphatic carbocycles. The van der Waals surface area contributed by atoms with E-state index >= 15 is 0 Å². The van der Waals surface area contributed by atoms with E-state index in [1.54, 1.807) is 19.4 Å². The standard InChI is InChI=1S/C17H21N3OS/c1-11-5-6-12(2)15(9-11)13(3)19-17(22)20-14-7-8-16(21-4)18-10-14/h5-10,13H,1-4H3,(H2,19,20,22)/t13-/m1/s1. The average Bonchev–Trinajstić information content (AvgIpc) is 2.50. The quantitative estimate of drug-likeness (QED) is 0.841. The molecule has 4 nitrogen and oxygen atoms in total. The van der Waals surface area contributed by atoms with Crippen LogP contribution in [0.1, 0.15) is 29.7 Å². The molecule has 1 atom stereocenters. The number of hydrogen-bond donors (Lipinski definition) is 2. The minimum atomic E-state index is 0.131. The van der Waals surface area contributed by atoms with E-state index in [9.17, 15) is 0 Å². The Balaban J connectivity index is 2.00. The van der Waals surface area contributed by atoms with Gasteiger partial charge in [0.2, 0.25) is 5.88 Å². The smallest absolute Gasteiger partial charge is 0.213 e. The summed E-state index contributed by atoms with van der Waals surface area (Å²) in [7, 11) is 1.59. The molecule has 0 aliphatic rings. The number of aryl methyl sites for hydroxylation is 2. The summed E-state index contributed by atoms with van der Waals surface area (Å²) < 4.78 is 5.03. The van der Waals surface area contributed by atoms with Gasteiger partial charge in [-0.1, -0.05) is 23.8 Å². The molecule has 0 saturated heterocycles. The fraction of sp³-hybridized carbons (Fsp3) is 0.294. The van der Waals surface area contributed by atoms with Crippen molar-refractivity contribution in [3.05, 3.63) is 53.2 Å². The molecule has 5 heteroatoms. The summed E-state index contributed by atoms with van der Waals surface area (Å²) in [4.78, 5) is 4.14. The van der Waals surface area contributed by atoms with E-state index in [2.05, 4.69) is 54.6 Å². The number of methoxy groups -OCH3 is 1. The number of rotatable bonds is 4. The Kier molecular flexibility index (Phi) is 5.33. The second-order valence-corrected chi connectivity index (χ2v) is 5.68. The lowest BCUT2D eigenvalue weighted by molar-refractivity contribution is 0.398. The Hall–Kier alpha value is -2.14. The van der Waals surface area contributed by atoms with Gasteiger partial charge in [-0.3, -0.25) is 0 Å². The number of thiocarbonyl (C=S) groups is 1. The van der Waals surface area contributed by atoms with Crippen LogP contribution >= 0.6 is 12.2 Å². The molecule has 0 radical (unpaired) electrons. The van der Waals surface area contributed by atoms with Crippen LogP contribution in [-0.2, 0) is 0 Å². The molecule has 0 spiro atoms. The Morgan fingerprint density at radius 1 is 1.23 bits per heavy atom. The van der Waals surface area contributed by atoms with Gasteiger partial charge in [0, 0.05) is 6.07 Å². The van der Waals surface area contributed by atoms with Crippen molar-refractivity contribution in [1.29, 1.82) is 0 Å². The second kappa shape index (κ2) is 7.22. The molecular weight excluding hydrogens is 294 g/mol. The highest BCUT2D eigenvalue weighted by atomic mass is 32.1. The number of anilines is 1. The van der Waals surface area contributed by atoms with Gasteiger partial charge < -0.3 is 15.4 Å². The highest BCUT2D eigenvalue weighted by Crippen LogP contribution is 2.19. The number of pyridine rings is 1. The SMILES string of the molecule is COc1ccc(NC(=S)N[C@H](C)c2cc(C)ccc2C)cn1. The van der Waals surface area contributed by atoms with Crippen LogP contribution in [0, 0.1) is 13.8 Å². The van der Waals surface area contributed by atoms with Crippen molar-refractivity contribution in [2.24, 2.45) is 0 Å². The molecule has 0 bridgehead atoms. The van der Waals surface area contributed by atoms with E-state index in [0.717, 1.165) is 5.69 Å². The zero-order valence-corrected chi connectivity index (χ0v) is 14.1. The second-order valence-electron chi connectivity index (χ2n) is 5.27. The summed E-state index contributed by atoms with van der Waals surface area (Å²) in [6.45, 7) is 6.30. The predicted molar refractivity (Wildman–Crippen MR) is 94.5 cm³/mol. The lowest BCUT2D eigenvalue weighted by atomic mass is 10.0. The van der Waals surface area contributed by atoms with E-state index < -0.39 is 0 Å². The first-order chi connectivity index (χ1) is 10.5. The van der Waals surface area contributed by atoms with Gasteiger partial charge in [-0.05, 0) is 50.2 Å². The number of nitrogens with one attached hydrogen (secondary N) is 2. The van der Waals surface area contributed by atoms with Crippen LogP contribution in [0.4, 0.5) is 5.69 Å². The van der Waals surface area contributed by atoms with Crippen molar-refractivity contribution >= 4 is 23.0 Å². The Labute approximate surface area is 136 Å². The van der Waals surface area contributed by atoms with Gasteiger partial charge in [0.15, 0.2) is 5.11 Å². The minimum absolute atomic E-state index is 0.131. The molecule has 1 aromatic heterocycles. The van der Waals surface area contributed by atoms with Gasteiger partial charge >= 0.3 is 0 Å². The molecule has 0 aliphatic heterocycles. The molecule has 2 N–H and O–H groups in total. The van der Waals surface area contributed by atoms with Crippen LogP contribution < -0.4 is 15.4 Å². The Morgan fingerprint density at radius 2 is 2.00 bits per heavy atom. The fourth-order valence-electron chi connectivity index (χ4n) is 2.24. The van der Waals surface area contributed by atoms with Crippen molar-refractivity contribution in [3.8, 4) is 5.88 Å². The fourth-order valence-corrected chi connectivity index (χ4v) is 2.54. The summed E-state index contributed by atoms with van der Waals surface area (Å²) in [5, 5.41) is 7.00. The third-order valence-electron chi connectivity index (χ3n) is 3.45. The van der Waals surface area contributed by atoms with E-state index in [0.29, 0.717) is 11.0 Å². The lowest BCUT2D eigenvalue weighted by Gasteiger charge is -2.19. The molecule has 116 valence electrons. The van der Waals surface area contributed by atoms with Crippen LogP contribution in [0.15, 0.2) is 36.5 Å². The molecule has 22 heavy (non-hydrogen) atoms. The molecule has 0 unspecified atom stereocenters. The van der Waals surface area contributed by atoms with Crippen LogP contribution in [0.3, 0.4) is 0 Å². The number of ether oxygens (including phenoxy) is 1. The summed E-state index contributed by atoms with van der Waals surface area (Å²) in [5.41, 5.74) is 4.57. The zero-order chi connectivity index (χ0) is 16.1. The van der Waals surface area contributed by atoms with E-state index in [4.69, 9.17) is 17.0 Å². The van der Waals surface area contributed by atoms with Gasteiger partial charge in [0.05, 0.1) is 25.0 Å². The largest absolute Gasteiger partial charge is 0.481 e. The molecule has 2 aromatic rings. The molecule has 2 rings (SSSR count). The predicted octanol–water partition coefficient (Wildman–Crippen LogP) is 3.75. The van der Waals surface area contributed by atoms with Gasteiger partial charge in [0.1, 0.15) is 0 Å². The van der Waals surface area contributed by atoms with Crippen molar-refractivity contribution < 1.29 is 4.74 Å². The summed E-state index contributed by atoms with van der Waals surface area (Å²) >= 11 is 5.37. The maximum Gasteiger partial charge on any atom is 0.213 e. The summed E-state index contributed by atoms with van der Waals surface area (Å²) in [6, 6.07) is 10.2. The van der Waals surface area contributed by atoms with Crippen molar-refractivity contribution in [3.63, 3.8) is 0 Å². The van der Waals surface area contributed by atoms with Crippen molar-refractivity contribution in [2.45, 2.75) is 26.8 Å². The molecule has 0 amide bonds. The third-order valence-corrected chi connectivity index (χ3v) is 3.67. The number of hydrogen-bond acceptors (Lipinski definition) is 3. The zero-order valence-electron chi connectivity index (χ0n) is 13.3. The van der Waals surface area contributed by atoms with Crippen molar-refractivity contribution in [1.82, 2.24) is 10.3 Å². The first-order valence-electron chi connectivity index (χ1n) is 7.14. The van der Waals surface area contributed by atoms with Crippen LogP contribution in [0.5, 0.6) is 5.88 Å². The van der Waals surface area contributed by atoms with Crippen molar-refractivity contribution in [2.75, 3.05) is 12.4 Å². The molecular formula is C17H21N3OS. The van der Waals surface area contributed by atoms with Gasteiger partial charge in [-0.15, -0.1) is 0 Å². The van der Waals surface area contributed by atoms with Crippen LogP contribution in [-0.4, -0.2) is 17.2 Å². The van der Waals surface area contributed by atoms with E-state index in [1.807, 2.05) is 6.07 Å². The van der Waals surface area contributed by atoms with Crippen LogP contribution in [0.2, 0.25) is 0 Å². The van der Waals surface area contributed by atoms with E-state index in [-0.39, 0.29) is 6.04 Å². The van der Waals surface area contributed by atoms with Gasteiger partial charge in [-0.25, -0.2) is 4.98 Å². The van der Waals surface area contributed by atoms with Gasteiger partial charge in [-0.2, -0.15) is 0 Å². The summed E-state index contributed by atoms with van der Waals surface area (Å²) in [5.74, 6) is 0.577. The maximum atomic E-state index is 5.37. The van der Waals surface area contributed by atoms with E-state index in [1.165, 1.54) is 16.7 Å². The Bertz CT molecular complexity index is 655. The summed E-state index contributed by atoms with van der Waals surface area (Å²) in [6.07, 6.45) is 1.69. The number of nitrogens with zero attached hydrogens (tertiary/aromatic N) is 1.